The Kier molecular flexibility index (Phi) is 2.21. The summed E-state index contributed by atoms with van der Waals surface area (Å²) in [5.41, 5.74) is 1.20. The zero-order chi connectivity index (χ0) is 11.1. The highest BCUT2D eigenvalue weighted by Crippen LogP contribution is 2.30. The van der Waals surface area contributed by atoms with Gasteiger partial charge in [-0.05, 0) is 24.8 Å². The predicted molar refractivity (Wildman–Crippen MR) is 57.2 cm³/mol. The zero-order valence-electron chi connectivity index (χ0n) is 9.09. The van der Waals surface area contributed by atoms with Crippen LogP contribution in [-0.2, 0) is 13.1 Å². The third-order valence-electron chi connectivity index (χ3n) is 3.31. The fourth-order valence-corrected chi connectivity index (χ4v) is 2.25. The van der Waals surface area contributed by atoms with Crippen LogP contribution in [0.5, 0.6) is 0 Å². The number of carboxylic acid groups (broad SMARTS) is 1. The molecule has 1 aromatic rings. The Morgan fingerprint density at radius 3 is 3.00 bits per heavy atom. The molecule has 16 heavy (non-hydrogen) atoms. The van der Waals surface area contributed by atoms with Gasteiger partial charge >= 0.3 is 5.97 Å². The number of hydrogen-bond donors (Lipinski definition) is 1. The van der Waals surface area contributed by atoms with Crippen molar-refractivity contribution in [2.45, 2.75) is 25.9 Å². The number of nitrogens with zero attached hydrogens (tertiary/aromatic N) is 3. The van der Waals surface area contributed by atoms with Crippen LogP contribution in [0, 0.1) is 5.92 Å². The van der Waals surface area contributed by atoms with Gasteiger partial charge in [-0.2, -0.15) is 5.10 Å². The van der Waals surface area contributed by atoms with E-state index in [-0.39, 0.29) is 5.69 Å². The maximum atomic E-state index is 10.8. The van der Waals surface area contributed by atoms with Crippen LogP contribution in [0.25, 0.3) is 0 Å². The van der Waals surface area contributed by atoms with Crippen LogP contribution in [0.3, 0.4) is 0 Å². The first-order chi connectivity index (χ1) is 7.72. The lowest BCUT2D eigenvalue weighted by molar-refractivity contribution is 0.0689. The molecule has 1 fully saturated rings. The lowest BCUT2D eigenvalue weighted by Gasteiger charge is -2.27. The van der Waals surface area contributed by atoms with E-state index < -0.39 is 5.97 Å². The normalized spacial score (nSPS) is 20.8. The smallest absolute Gasteiger partial charge is 0.356 e. The summed E-state index contributed by atoms with van der Waals surface area (Å²) < 4.78 is 1.83. The monoisotopic (exact) mass is 221 g/mol. The second-order valence-corrected chi connectivity index (χ2v) is 4.73. The molecule has 5 heteroatoms. The van der Waals surface area contributed by atoms with Crippen molar-refractivity contribution in [2.75, 3.05) is 13.1 Å². The van der Waals surface area contributed by atoms with Crippen LogP contribution in [0.1, 0.15) is 29.0 Å². The van der Waals surface area contributed by atoms with Gasteiger partial charge in [0.1, 0.15) is 0 Å². The lowest BCUT2D eigenvalue weighted by atomic mass is 10.2. The Morgan fingerprint density at radius 2 is 2.31 bits per heavy atom. The van der Waals surface area contributed by atoms with Crippen molar-refractivity contribution in [3.63, 3.8) is 0 Å². The molecule has 0 bridgehead atoms. The van der Waals surface area contributed by atoms with Gasteiger partial charge in [0.25, 0.3) is 0 Å². The fourth-order valence-electron chi connectivity index (χ4n) is 2.25. The van der Waals surface area contributed by atoms with E-state index in [0.717, 1.165) is 37.8 Å². The molecule has 0 amide bonds. The summed E-state index contributed by atoms with van der Waals surface area (Å²) in [4.78, 5) is 13.2. The van der Waals surface area contributed by atoms with Gasteiger partial charge in [-0.15, -0.1) is 0 Å². The molecule has 0 saturated heterocycles. The summed E-state index contributed by atoms with van der Waals surface area (Å²) in [5, 5.41) is 12.9. The molecule has 0 atom stereocenters. The van der Waals surface area contributed by atoms with Crippen LogP contribution in [0.2, 0.25) is 0 Å². The molecule has 0 radical (unpaired) electrons. The van der Waals surface area contributed by atoms with Crippen LogP contribution in [-0.4, -0.2) is 38.8 Å². The van der Waals surface area contributed by atoms with Crippen molar-refractivity contribution in [3.05, 3.63) is 17.5 Å². The van der Waals surface area contributed by atoms with E-state index in [1.807, 2.05) is 4.68 Å². The second kappa shape index (κ2) is 3.59. The molecule has 0 spiro atoms. The minimum atomic E-state index is -0.935. The van der Waals surface area contributed by atoms with Crippen molar-refractivity contribution < 1.29 is 9.90 Å². The average molecular weight is 221 g/mol. The average Bonchev–Trinajstić information content (AvgIpc) is 2.95. The Bertz CT molecular complexity index is 423. The van der Waals surface area contributed by atoms with Gasteiger partial charge in [-0.3, -0.25) is 9.58 Å². The van der Waals surface area contributed by atoms with Gasteiger partial charge in [-0.1, -0.05) is 0 Å². The van der Waals surface area contributed by atoms with E-state index >= 15 is 0 Å². The topological polar surface area (TPSA) is 58.4 Å². The molecule has 2 aliphatic rings. The van der Waals surface area contributed by atoms with Gasteiger partial charge in [0.05, 0.1) is 12.2 Å². The molecule has 3 rings (SSSR count). The highest BCUT2D eigenvalue weighted by molar-refractivity contribution is 5.85. The number of carbonyl (C=O) groups is 1. The first kappa shape index (κ1) is 9.84. The van der Waals surface area contributed by atoms with Crippen LogP contribution >= 0.6 is 0 Å². The zero-order valence-corrected chi connectivity index (χ0v) is 9.09. The van der Waals surface area contributed by atoms with Crippen LogP contribution < -0.4 is 0 Å². The quantitative estimate of drug-likeness (QED) is 0.820. The van der Waals surface area contributed by atoms with E-state index in [1.54, 1.807) is 6.07 Å². The summed E-state index contributed by atoms with van der Waals surface area (Å²) in [7, 11) is 0. The minimum absolute atomic E-state index is 0.170. The molecule has 1 aromatic heterocycles. The van der Waals surface area contributed by atoms with Gasteiger partial charge < -0.3 is 5.11 Å². The summed E-state index contributed by atoms with van der Waals surface area (Å²) in [5.74, 6) is -0.0518. The number of hydrogen-bond acceptors (Lipinski definition) is 3. The Hall–Kier alpha value is -1.36. The third-order valence-corrected chi connectivity index (χ3v) is 3.31. The van der Waals surface area contributed by atoms with E-state index in [2.05, 4.69) is 10.00 Å². The van der Waals surface area contributed by atoms with E-state index in [9.17, 15) is 4.79 Å². The summed E-state index contributed by atoms with van der Waals surface area (Å²) in [6, 6.07) is 1.70. The standard InChI is InChI=1S/C11H15N3O2/c15-11(16)10-5-9-7-13(6-8-1-2-8)3-4-14(9)12-10/h5,8H,1-4,6-7H2,(H,15,16). The van der Waals surface area contributed by atoms with Gasteiger partial charge in [0.2, 0.25) is 0 Å². The molecule has 5 nitrogen and oxygen atoms in total. The van der Waals surface area contributed by atoms with E-state index in [0.29, 0.717) is 0 Å². The first-order valence-electron chi connectivity index (χ1n) is 5.75. The number of fused-ring (bicyclic) bond motifs is 1. The molecule has 1 aliphatic carbocycles. The van der Waals surface area contributed by atoms with Crippen molar-refractivity contribution >= 4 is 5.97 Å². The Balaban J connectivity index is 1.74. The highest BCUT2D eigenvalue weighted by atomic mass is 16.4. The minimum Gasteiger partial charge on any atom is -0.476 e. The van der Waals surface area contributed by atoms with Crippen molar-refractivity contribution in [1.82, 2.24) is 14.7 Å². The molecule has 1 saturated carbocycles. The molecular formula is C11H15N3O2. The number of aromatic nitrogens is 2. The van der Waals surface area contributed by atoms with E-state index in [1.165, 1.54) is 12.8 Å². The lowest BCUT2D eigenvalue weighted by Crippen LogP contribution is -2.35. The van der Waals surface area contributed by atoms with Crippen molar-refractivity contribution in [1.29, 1.82) is 0 Å². The SMILES string of the molecule is O=C(O)c1cc2n(n1)CCN(CC1CC1)C2. The summed E-state index contributed by atoms with van der Waals surface area (Å²) >= 11 is 0. The van der Waals surface area contributed by atoms with Gasteiger partial charge in [0.15, 0.2) is 5.69 Å². The summed E-state index contributed by atoms with van der Waals surface area (Å²) in [6.45, 7) is 3.81. The molecule has 2 heterocycles. The number of rotatable bonds is 3. The highest BCUT2D eigenvalue weighted by Gasteiger charge is 2.27. The second-order valence-electron chi connectivity index (χ2n) is 4.73. The van der Waals surface area contributed by atoms with Crippen molar-refractivity contribution in [3.8, 4) is 0 Å². The molecule has 0 unspecified atom stereocenters. The van der Waals surface area contributed by atoms with Crippen molar-refractivity contribution in [2.24, 2.45) is 5.92 Å². The number of carboxylic acids is 1. The van der Waals surface area contributed by atoms with Gasteiger partial charge in [-0.25, -0.2) is 4.79 Å². The molecule has 0 aromatic carbocycles. The fraction of sp³-hybridized carbons (Fsp3) is 0.636. The predicted octanol–water partition coefficient (Wildman–Crippen LogP) is 0.807. The van der Waals surface area contributed by atoms with Crippen LogP contribution in [0.4, 0.5) is 0 Å². The number of aromatic carboxylic acids is 1. The Labute approximate surface area is 93.7 Å². The first-order valence-corrected chi connectivity index (χ1v) is 5.75. The van der Waals surface area contributed by atoms with Crippen LogP contribution in [0.15, 0.2) is 6.07 Å². The third kappa shape index (κ3) is 1.82. The maximum Gasteiger partial charge on any atom is 0.356 e. The van der Waals surface area contributed by atoms with Gasteiger partial charge in [0, 0.05) is 19.6 Å². The maximum absolute atomic E-state index is 10.8. The largest absolute Gasteiger partial charge is 0.476 e. The molecule has 86 valence electrons. The summed E-state index contributed by atoms with van der Waals surface area (Å²) in [6.07, 6.45) is 2.71. The van der Waals surface area contributed by atoms with E-state index in [4.69, 9.17) is 5.11 Å². The molecule has 1 N–H and O–H groups in total. The molecular weight excluding hydrogens is 206 g/mol. The molecule has 1 aliphatic heterocycles. The Morgan fingerprint density at radius 1 is 1.50 bits per heavy atom.